The fourth-order valence-corrected chi connectivity index (χ4v) is 2.10. The molecule has 2 aromatic carbocycles. The molecule has 0 saturated carbocycles. The number of amides is 1. The van der Waals surface area contributed by atoms with Crippen LogP contribution in [0.3, 0.4) is 0 Å². The van der Waals surface area contributed by atoms with Gasteiger partial charge in [0, 0.05) is 5.56 Å². The van der Waals surface area contributed by atoms with Gasteiger partial charge in [0.05, 0.1) is 11.6 Å². The van der Waals surface area contributed by atoms with Crippen molar-refractivity contribution in [2.24, 2.45) is 0 Å². The largest absolute Gasteiger partial charge is 0.486 e. The van der Waals surface area contributed by atoms with Gasteiger partial charge in [-0.05, 0) is 30.3 Å². The van der Waals surface area contributed by atoms with E-state index in [0.717, 1.165) is 0 Å². The van der Waals surface area contributed by atoms with Crippen molar-refractivity contribution in [3.63, 3.8) is 0 Å². The van der Waals surface area contributed by atoms with Crippen LogP contribution in [0.2, 0.25) is 0 Å². The summed E-state index contributed by atoms with van der Waals surface area (Å²) in [6, 6.07) is 11.1. The monoisotopic (exact) mass is 298 g/mol. The third-order valence-corrected chi connectivity index (χ3v) is 3.17. The quantitative estimate of drug-likeness (QED) is 0.945. The van der Waals surface area contributed by atoms with Crippen LogP contribution in [0.25, 0.3) is 0 Å². The summed E-state index contributed by atoms with van der Waals surface area (Å²) in [7, 11) is 0. The molecule has 0 radical (unpaired) electrons. The number of ether oxygens (including phenoxy) is 2. The van der Waals surface area contributed by atoms with Crippen molar-refractivity contribution in [2.75, 3.05) is 11.9 Å². The minimum atomic E-state index is -0.455. The lowest BCUT2D eigenvalue weighted by Gasteiger charge is -2.20. The number of fused-ring (bicyclic) bond motifs is 1. The van der Waals surface area contributed by atoms with Crippen LogP contribution in [0.15, 0.2) is 36.4 Å². The lowest BCUT2D eigenvalue weighted by molar-refractivity contribution is -0.118. The Hall–Kier alpha value is -3.07. The van der Waals surface area contributed by atoms with Crippen LogP contribution in [0, 0.1) is 17.1 Å². The molecule has 110 valence electrons. The molecule has 3 rings (SSSR count). The number of carbonyl (C=O) groups is 1. The van der Waals surface area contributed by atoms with Gasteiger partial charge < -0.3 is 14.8 Å². The third kappa shape index (κ3) is 2.69. The van der Waals surface area contributed by atoms with E-state index in [4.69, 9.17) is 14.7 Å². The van der Waals surface area contributed by atoms with Crippen molar-refractivity contribution >= 4 is 11.6 Å². The Kier molecular flexibility index (Phi) is 3.62. The first-order chi connectivity index (χ1) is 10.7. The highest BCUT2D eigenvalue weighted by atomic mass is 19.1. The van der Waals surface area contributed by atoms with Gasteiger partial charge in [0.2, 0.25) is 0 Å². The molecule has 0 fully saturated rings. The Labute approximate surface area is 125 Å². The van der Waals surface area contributed by atoms with Crippen molar-refractivity contribution in [1.29, 1.82) is 5.26 Å². The van der Waals surface area contributed by atoms with Gasteiger partial charge in [0.25, 0.3) is 5.91 Å². The lowest BCUT2D eigenvalue weighted by atomic mass is 10.1. The van der Waals surface area contributed by atoms with E-state index >= 15 is 0 Å². The zero-order valence-corrected chi connectivity index (χ0v) is 11.4. The summed E-state index contributed by atoms with van der Waals surface area (Å²) >= 11 is 0. The number of hydrogen-bond donors (Lipinski definition) is 1. The first-order valence-corrected chi connectivity index (χ1v) is 6.54. The summed E-state index contributed by atoms with van der Waals surface area (Å²) in [6.07, 6.45) is 0. The second-order valence-electron chi connectivity index (χ2n) is 4.67. The number of rotatable bonds is 3. The fourth-order valence-electron chi connectivity index (χ4n) is 2.10. The van der Waals surface area contributed by atoms with Crippen molar-refractivity contribution in [2.45, 2.75) is 6.61 Å². The predicted octanol–water partition coefficient (Wildman–Crippen LogP) is 2.61. The number of nitrogens with zero attached hydrogens (tertiary/aromatic N) is 1. The van der Waals surface area contributed by atoms with Crippen molar-refractivity contribution < 1.29 is 18.7 Å². The van der Waals surface area contributed by atoms with Crippen molar-refractivity contribution in [3.05, 3.63) is 53.3 Å². The topological polar surface area (TPSA) is 71.3 Å². The summed E-state index contributed by atoms with van der Waals surface area (Å²) in [4.78, 5) is 11.4. The Morgan fingerprint density at radius 3 is 3.05 bits per heavy atom. The normalized spacial score (nSPS) is 12.6. The van der Waals surface area contributed by atoms with Crippen LogP contribution < -0.4 is 14.8 Å². The number of carbonyl (C=O) groups excluding carboxylic acids is 1. The van der Waals surface area contributed by atoms with E-state index in [1.54, 1.807) is 18.2 Å². The van der Waals surface area contributed by atoms with Gasteiger partial charge in [0.15, 0.2) is 6.61 Å². The van der Waals surface area contributed by atoms with Crippen molar-refractivity contribution in [3.8, 4) is 17.6 Å². The van der Waals surface area contributed by atoms with E-state index < -0.39 is 5.82 Å². The minimum Gasteiger partial charge on any atom is -0.486 e. The van der Waals surface area contributed by atoms with Crippen LogP contribution in [0.5, 0.6) is 11.5 Å². The molecular formula is C16H11FN2O3. The molecule has 1 amide bonds. The summed E-state index contributed by atoms with van der Waals surface area (Å²) in [6.45, 7) is -0.108. The summed E-state index contributed by atoms with van der Waals surface area (Å²) in [5.74, 6) is 0.154. The molecular weight excluding hydrogens is 287 g/mol. The molecule has 0 bridgehead atoms. The van der Waals surface area contributed by atoms with Crippen LogP contribution in [0.4, 0.5) is 10.1 Å². The standard InChI is InChI=1S/C16H11FN2O3/c17-12-5-4-10(7-18)6-11(12)8-21-13-2-1-3-14-16(13)19-15(20)9-22-14/h1-6H,8-9H2,(H,19,20). The maximum atomic E-state index is 13.7. The lowest BCUT2D eigenvalue weighted by Crippen LogP contribution is -2.25. The number of hydrogen-bond acceptors (Lipinski definition) is 4. The van der Waals surface area contributed by atoms with E-state index in [-0.39, 0.29) is 24.7 Å². The molecule has 2 aromatic rings. The van der Waals surface area contributed by atoms with Gasteiger partial charge in [-0.15, -0.1) is 0 Å². The molecule has 6 heteroatoms. The number of anilines is 1. The van der Waals surface area contributed by atoms with E-state index in [9.17, 15) is 9.18 Å². The summed E-state index contributed by atoms with van der Waals surface area (Å²) < 4.78 is 24.6. The molecule has 1 heterocycles. The molecule has 1 N–H and O–H groups in total. The molecule has 0 saturated heterocycles. The fraction of sp³-hybridized carbons (Fsp3) is 0.125. The maximum Gasteiger partial charge on any atom is 0.262 e. The molecule has 5 nitrogen and oxygen atoms in total. The van der Waals surface area contributed by atoms with E-state index in [1.807, 2.05) is 6.07 Å². The highest BCUT2D eigenvalue weighted by Gasteiger charge is 2.20. The van der Waals surface area contributed by atoms with Gasteiger partial charge in [-0.2, -0.15) is 5.26 Å². The van der Waals surface area contributed by atoms with E-state index in [2.05, 4.69) is 5.32 Å². The SMILES string of the molecule is N#Cc1ccc(F)c(COc2cccc3c2NC(=O)CO3)c1. The molecule has 1 aliphatic rings. The molecule has 22 heavy (non-hydrogen) atoms. The molecule has 1 aliphatic heterocycles. The third-order valence-electron chi connectivity index (χ3n) is 3.17. The molecule has 0 spiro atoms. The summed E-state index contributed by atoms with van der Waals surface area (Å²) in [5.41, 5.74) is 1.04. The number of halogens is 1. The Balaban J connectivity index is 1.83. The average molecular weight is 298 g/mol. The van der Waals surface area contributed by atoms with Gasteiger partial charge in [0.1, 0.15) is 29.6 Å². The highest BCUT2D eigenvalue weighted by molar-refractivity contribution is 5.97. The van der Waals surface area contributed by atoms with Gasteiger partial charge in [-0.3, -0.25) is 4.79 Å². The number of nitriles is 1. The average Bonchev–Trinajstić information content (AvgIpc) is 2.54. The van der Waals surface area contributed by atoms with E-state index in [0.29, 0.717) is 22.7 Å². The first-order valence-electron chi connectivity index (χ1n) is 6.54. The number of para-hydroxylation sites is 1. The Morgan fingerprint density at radius 1 is 1.36 bits per heavy atom. The number of benzene rings is 2. The van der Waals surface area contributed by atoms with Crippen LogP contribution in [0.1, 0.15) is 11.1 Å². The number of nitrogens with one attached hydrogen (secondary N) is 1. The minimum absolute atomic E-state index is 0.0463. The van der Waals surface area contributed by atoms with Gasteiger partial charge in [-0.1, -0.05) is 6.07 Å². The zero-order valence-electron chi connectivity index (χ0n) is 11.4. The second kappa shape index (κ2) is 5.74. The Morgan fingerprint density at radius 2 is 2.23 bits per heavy atom. The van der Waals surface area contributed by atoms with Gasteiger partial charge >= 0.3 is 0 Å². The predicted molar refractivity (Wildman–Crippen MR) is 76.0 cm³/mol. The van der Waals surface area contributed by atoms with Crippen molar-refractivity contribution in [1.82, 2.24) is 0 Å². The van der Waals surface area contributed by atoms with Crippen LogP contribution in [-0.4, -0.2) is 12.5 Å². The smallest absolute Gasteiger partial charge is 0.262 e. The van der Waals surface area contributed by atoms with Crippen LogP contribution in [-0.2, 0) is 11.4 Å². The van der Waals surface area contributed by atoms with Gasteiger partial charge in [-0.25, -0.2) is 4.39 Å². The first kappa shape index (κ1) is 13.9. The Bertz CT molecular complexity index is 783. The molecule has 0 unspecified atom stereocenters. The van der Waals surface area contributed by atoms with Crippen LogP contribution >= 0.6 is 0 Å². The van der Waals surface area contributed by atoms with E-state index in [1.165, 1.54) is 18.2 Å². The zero-order chi connectivity index (χ0) is 15.5. The maximum absolute atomic E-state index is 13.7. The second-order valence-corrected chi connectivity index (χ2v) is 4.67. The molecule has 0 aliphatic carbocycles. The molecule has 0 aromatic heterocycles. The summed E-state index contributed by atoms with van der Waals surface area (Å²) in [5, 5.41) is 11.5. The highest BCUT2D eigenvalue weighted by Crippen LogP contribution is 2.36. The molecule has 0 atom stereocenters.